The van der Waals surface area contributed by atoms with Crippen LogP contribution in [0.5, 0.6) is 0 Å². The van der Waals surface area contributed by atoms with Crippen LogP contribution in [-0.2, 0) is 0 Å². The van der Waals surface area contributed by atoms with Crippen LogP contribution < -0.4 is 5.32 Å². The van der Waals surface area contributed by atoms with Crippen LogP contribution in [0.25, 0.3) is 0 Å². The van der Waals surface area contributed by atoms with Crippen molar-refractivity contribution in [3.8, 4) is 0 Å². The molecule has 0 atom stereocenters. The Labute approximate surface area is 129 Å². The van der Waals surface area contributed by atoms with Gasteiger partial charge in [0, 0.05) is 11.0 Å². The Kier molecular flexibility index (Phi) is 3.71. The van der Waals surface area contributed by atoms with Crippen LogP contribution in [0.1, 0.15) is 37.4 Å². The second-order valence-electron chi connectivity index (χ2n) is 5.94. The SMILES string of the molecule is CC1(C)C(CNC(=O)c2cc(Br)c(Br)s2)C1(C)C. The van der Waals surface area contributed by atoms with Crippen molar-refractivity contribution < 1.29 is 4.79 Å². The molecule has 1 aromatic heterocycles. The Bertz CT molecular complexity index is 460. The van der Waals surface area contributed by atoms with Gasteiger partial charge < -0.3 is 5.32 Å². The van der Waals surface area contributed by atoms with Crippen molar-refractivity contribution in [3.05, 3.63) is 19.2 Å². The van der Waals surface area contributed by atoms with E-state index in [0.717, 1.165) is 19.7 Å². The summed E-state index contributed by atoms with van der Waals surface area (Å²) in [7, 11) is 0. The first-order valence-corrected chi connectivity index (χ1v) is 8.31. The number of amides is 1. The number of hydrogen-bond donors (Lipinski definition) is 1. The molecule has 1 saturated carbocycles. The zero-order chi connectivity index (χ0) is 13.7. The molecule has 1 fully saturated rings. The van der Waals surface area contributed by atoms with E-state index >= 15 is 0 Å². The molecule has 1 aromatic rings. The quantitative estimate of drug-likeness (QED) is 0.791. The smallest absolute Gasteiger partial charge is 0.261 e. The van der Waals surface area contributed by atoms with Crippen molar-refractivity contribution >= 4 is 49.1 Å². The van der Waals surface area contributed by atoms with Gasteiger partial charge in [-0.2, -0.15) is 0 Å². The Morgan fingerprint density at radius 1 is 1.33 bits per heavy atom. The Hall–Kier alpha value is 0.130. The van der Waals surface area contributed by atoms with E-state index in [1.807, 2.05) is 6.07 Å². The van der Waals surface area contributed by atoms with Crippen molar-refractivity contribution in [3.63, 3.8) is 0 Å². The van der Waals surface area contributed by atoms with E-state index in [9.17, 15) is 4.79 Å². The van der Waals surface area contributed by atoms with Crippen LogP contribution in [-0.4, -0.2) is 12.5 Å². The van der Waals surface area contributed by atoms with E-state index in [0.29, 0.717) is 16.7 Å². The van der Waals surface area contributed by atoms with Crippen LogP contribution in [0.4, 0.5) is 0 Å². The second-order valence-corrected chi connectivity index (χ2v) is 9.16. The fourth-order valence-corrected chi connectivity index (χ4v) is 4.54. The minimum Gasteiger partial charge on any atom is -0.351 e. The molecule has 100 valence electrons. The van der Waals surface area contributed by atoms with Gasteiger partial charge in [0.2, 0.25) is 0 Å². The van der Waals surface area contributed by atoms with Crippen LogP contribution >= 0.6 is 43.2 Å². The van der Waals surface area contributed by atoms with Crippen molar-refractivity contribution in [1.29, 1.82) is 0 Å². The molecule has 1 heterocycles. The molecule has 0 spiro atoms. The maximum absolute atomic E-state index is 12.0. The Morgan fingerprint density at radius 2 is 1.89 bits per heavy atom. The molecule has 2 rings (SSSR count). The third kappa shape index (κ3) is 2.29. The van der Waals surface area contributed by atoms with Gasteiger partial charge in [0.15, 0.2) is 0 Å². The lowest BCUT2D eigenvalue weighted by Gasteiger charge is -2.04. The molecule has 1 aliphatic carbocycles. The van der Waals surface area contributed by atoms with Crippen molar-refractivity contribution in [2.24, 2.45) is 16.7 Å². The summed E-state index contributed by atoms with van der Waals surface area (Å²) in [6.07, 6.45) is 0. The predicted octanol–water partition coefficient (Wildman–Crippen LogP) is 4.69. The molecule has 5 heteroatoms. The summed E-state index contributed by atoms with van der Waals surface area (Å²) in [5.74, 6) is 0.575. The molecule has 0 radical (unpaired) electrons. The molecule has 2 nitrogen and oxygen atoms in total. The molecule has 1 N–H and O–H groups in total. The molecule has 1 aliphatic rings. The van der Waals surface area contributed by atoms with Gasteiger partial charge >= 0.3 is 0 Å². The fraction of sp³-hybridized carbons (Fsp3) is 0.615. The summed E-state index contributed by atoms with van der Waals surface area (Å²) < 4.78 is 1.89. The molecule has 0 aromatic carbocycles. The summed E-state index contributed by atoms with van der Waals surface area (Å²) >= 11 is 8.25. The third-order valence-electron chi connectivity index (χ3n) is 4.66. The van der Waals surface area contributed by atoms with Crippen LogP contribution in [0.3, 0.4) is 0 Å². The Morgan fingerprint density at radius 3 is 2.28 bits per heavy atom. The number of carbonyl (C=O) groups is 1. The van der Waals surface area contributed by atoms with Gasteiger partial charge in [0.25, 0.3) is 5.91 Å². The topological polar surface area (TPSA) is 29.1 Å². The molecule has 0 unspecified atom stereocenters. The fourth-order valence-electron chi connectivity index (χ4n) is 2.58. The van der Waals surface area contributed by atoms with E-state index in [4.69, 9.17) is 0 Å². The average molecular weight is 395 g/mol. The molecular weight excluding hydrogens is 378 g/mol. The van der Waals surface area contributed by atoms with E-state index in [1.54, 1.807) is 0 Å². The molecule has 1 amide bonds. The monoisotopic (exact) mass is 393 g/mol. The number of rotatable bonds is 3. The lowest BCUT2D eigenvalue weighted by atomic mass is 10.0. The second kappa shape index (κ2) is 4.60. The molecule has 18 heavy (non-hydrogen) atoms. The first kappa shape index (κ1) is 14.5. The lowest BCUT2D eigenvalue weighted by molar-refractivity contribution is 0.0954. The number of hydrogen-bond acceptors (Lipinski definition) is 2. The summed E-state index contributed by atoms with van der Waals surface area (Å²) in [4.78, 5) is 12.8. The van der Waals surface area contributed by atoms with Crippen LogP contribution in [0.2, 0.25) is 0 Å². The van der Waals surface area contributed by atoms with Gasteiger partial charge in [-0.25, -0.2) is 0 Å². The predicted molar refractivity (Wildman–Crippen MR) is 83.1 cm³/mol. The van der Waals surface area contributed by atoms with Gasteiger partial charge in [-0.1, -0.05) is 27.7 Å². The van der Waals surface area contributed by atoms with Crippen molar-refractivity contribution in [2.75, 3.05) is 6.54 Å². The molecule has 0 saturated heterocycles. The van der Waals surface area contributed by atoms with E-state index in [1.165, 1.54) is 11.3 Å². The van der Waals surface area contributed by atoms with Crippen LogP contribution in [0, 0.1) is 16.7 Å². The number of nitrogens with one attached hydrogen (secondary N) is 1. The first-order valence-electron chi connectivity index (χ1n) is 5.91. The number of halogens is 2. The molecular formula is C13H17Br2NOS. The van der Waals surface area contributed by atoms with E-state index < -0.39 is 0 Å². The minimum atomic E-state index is 0.0184. The summed E-state index contributed by atoms with van der Waals surface area (Å²) in [6.45, 7) is 9.82. The third-order valence-corrected chi connectivity index (χ3v) is 7.91. The Balaban J connectivity index is 1.94. The van der Waals surface area contributed by atoms with Crippen molar-refractivity contribution in [1.82, 2.24) is 5.32 Å². The van der Waals surface area contributed by atoms with Gasteiger partial charge in [-0.15, -0.1) is 11.3 Å². The van der Waals surface area contributed by atoms with Gasteiger partial charge in [0.1, 0.15) is 0 Å². The highest BCUT2D eigenvalue weighted by Gasteiger charge is 2.64. The highest BCUT2D eigenvalue weighted by Crippen LogP contribution is 2.67. The summed E-state index contributed by atoms with van der Waals surface area (Å²) in [5.41, 5.74) is 0.633. The highest BCUT2D eigenvalue weighted by molar-refractivity contribution is 9.13. The highest BCUT2D eigenvalue weighted by atomic mass is 79.9. The van der Waals surface area contributed by atoms with Gasteiger partial charge in [-0.3, -0.25) is 4.79 Å². The zero-order valence-electron chi connectivity index (χ0n) is 10.9. The first-order chi connectivity index (χ1) is 8.18. The van der Waals surface area contributed by atoms with E-state index in [-0.39, 0.29) is 5.91 Å². The summed E-state index contributed by atoms with van der Waals surface area (Å²) in [6, 6.07) is 1.85. The largest absolute Gasteiger partial charge is 0.351 e. The standard InChI is InChI=1S/C13H17Br2NOS/c1-12(2)9(13(12,3)4)6-16-11(17)8-5-7(14)10(15)18-8/h5,9H,6H2,1-4H3,(H,16,17). The number of carbonyl (C=O) groups excluding carboxylic acids is 1. The zero-order valence-corrected chi connectivity index (χ0v) is 14.9. The molecule has 0 bridgehead atoms. The van der Waals surface area contributed by atoms with E-state index in [2.05, 4.69) is 64.9 Å². The maximum Gasteiger partial charge on any atom is 0.261 e. The normalized spacial score (nSPS) is 20.8. The van der Waals surface area contributed by atoms with Crippen LogP contribution in [0.15, 0.2) is 14.3 Å². The summed E-state index contributed by atoms with van der Waals surface area (Å²) in [5, 5.41) is 3.04. The van der Waals surface area contributed by atoms with Gasteiger partial charge in [-0.05, 0) is 54.7 Å². The maximum atomic E-state index is 12.0. The molecule has 0 aliphatic heterocycles. The van der Waals surface area contributed by atoms with Crippen molar-refractivity contribution in [2.45, 2.75) is 27.7 Å². The van der Waals surface area contributed by atoms with Gasteiger partial charge in [0.05, 0.1) is 8.66 Å². The number of thiophene rings is 1. The lowest BCUT2D eigenvalue weighted by Crippen LogP contribution is -2.26. The average Bonchev–Trinajstić information content (AvgIpc) is 2.55. The minimum absolute atomic E-state index is 0.0184.